The molecule has 7 heteroatoms. The van der Waals surface area contributed by atoms with Crippen LogP contribution in [0, 0.1) is 19.8 Å². The molecule has 0 bridgehead atoms. The summed E-state index contributed by atoms with van der Waals surface area (Å²) in [4.78, 5) is 44.5. The lowest BCUT2D eigenvalue weighted by Crippen LogP contribution is -2.48. The molecule has 2 aliphatic heterocycles. The summed E-state index contributed by atoms with van der Waals surface area (Å²) in [5.74, 6) is -0.0110. The van der Waals surface area contributed by atoms with Crippen molar-refractivity contribution in [3.05, 3.63) is 46.2 Å². The minimum atomic E-state index is -0.554. The Morgan fingerprint density at radius 2 is 1.90 bits per heavy atom. The van der Waals surface area contributed by atoms with Gasteiger partial charge < -0.3 is 15.1 Å². The fourth-order valence-corrected chi connectivity index (χ4v) is 4.59. The van der Waals surface area contributed by atoms with Crippen molar-refractivity contribution >= 4 is 17.8 Å². The Kier molecular flexibility index (Phi) is 6.43. The third-order valence-corrected chi connectivity index (χ3v) is 6.10. The number of carbonyl (C=O) groups is 3. The van der Waals surface area contributed by atoms with E-state index in [1.165, 1.54) is 0 Å². The van der Waals surface area contributed by atoms with E-state index >= 15 is 0 Å². The Morgan fingerprint density at radius 3 is 2.45 bits per heavy atom. The molecule has 1 N–H and O–H groups in total. The highest BCUT2D eigenvalue weighted by Crippen LogP contribution is 2.38. The van der Waals surface area contributed by atoms with Crippen LogP contribution in [0.5, 0.6) is 0 Å². The molecule has 1 aromatic rings. The van der Waals surface area contributed by atoms with Crippen LogP contribution in [0.15, 0.2) is 29.5 Å². The van der Waals surface area contributed by atoms with E-state index in [2.05, 4.69) is 11.4 Å². The molecule has 0 saturated heterocycles. The number of rotatable bonds is 6. The maximum atomic E-state index is 13.7. The summed E-state index contributed by atoms with van der Waals surface area (Å²) in [7, 11) is 3.43. The number of hydrogen-bond donors (Lipinski definition) is 1. The third-order valence-electron chi connectivity index (χ3n) is 6.10. The van der Waals surface area contributed by atoms with Gasteiger partial charge in [-0.1, -0.05) is 37.6 Å². The first kappa shape index (κ1) is 22.8. The van der Waals surface area contributed by atoms with Gasteiger partial charge in [0.15, 0.2) is 0 Å². The van der Waals surface area contributed by atoms with E-state index in [0.717, 1.165) is 16.7 Å². The van der Waals surface area contributed by atoms with Crippen LogP contribution in [0.2, 0.25) is 0 Å². The summed E-state index contributed by atoms with van der Waals surface area (Å²) in [6.07, 6.45) is 0.574. The largest absolute Gasteiger partial charge is 0.347 e. The number of benzene rings is 1. The van der Waals surface area contributed by atoms with Gasteiger partial charge in [-0.3, -0.25) is 14.5 Å². The van der Waals surface area contributed by atoms with E-state index in [9.17, 15) is 14.4 Å². The Bertz CT molecular complexity index is 935. The average Bonchev–Trinajstić information content (AvgIpc) is 3.02. The molecule has 168 valence electrons. The topological polar surface area (TPSA) is 73.0 Å². The zero-order chi connectivity index (χ0) is 23.0. The monoisotopic (exact) mass is 426 g/mol. The highest BCUT2D eigenvalue weighted by molar-refractivity contribution is 6.03. The van der Waals surface area contributed by atoms with Gasteiger partial charge in [-0.2, -0.15) is 0 Å². The third kappa shape index (κ3) is 4.18. The van der Waals surface area contributed by atoms with Crippen molar-refractivity contribution < 1.29 is 14.4 Å². The number of nitrogens with zero attached hydrogens (tertiary/aromatic N) is 3. The number of hydrogen-bond acceptors (Lipinski definition) is 3. The molecule has 4 amide bonds. The second-order valence-corrected chi connectivity index (χ2v) is 9.16. The molecule has 0 unspecified atom stereocenters. The Balaban J connectivity index is 2.07. The van der Waals surface area contributed by atoms with Crippen LogP contribution in [-0.2, 0) is 9.59 Å². The van der Waals surface area contributed by atoms with Gasteiger partial charge in [0.25, 0.3) is 5.91 Å². The number of amides is 4. The van der Waals surface area contributed by atoms with Crippen LogP contribution in [0.3, 0.4) is 0 Å². The normalized spacial score (nSPS) is 19.7. The van der Waals surface area contributed by atoms with Crippen molar-refractivity contribution in [2.75, 3.05) is 27.2 Å². The van der Waals surface area contributed by atoms with Gasteiger partial charge in [0.2, 0.25) is 5.91 Å². The lowest BCUT2D eigenvalue weighted by atomic mass is 9.91. The fourth-order valence-electron chi connectivity index (χ4n) is 4.59. The predicted octanol–water partition coefficient (Wildman–Crippen LogP) is 2.99. The lowest BCUT2D eigenvalue weighted by molar-refractivity contribution is -0.141. The van der Waals surface area contributed by atoms with Crippen molar-refractivity contribution in [3.8, 4) is 0 Å². The molecule has 3 rings (SSSR count). The number of carbonyl (C=O) groups excluding carboxylic acids is 3. The Hall–Kier alpha value is -2.83. The van der Waals surface area contributed by atoms with Crippen LogP contribution in [0.1, 0.15) is 49.9 Å². The SMILES string of the molecule is CCN1C(=O)N[C@@H](c2ccc(C)cc2C)C2=C1CN([C@H](CC(C)C)C(=O)N(C)C)C2=O. The molecule has 2 atom stereocenters. The zero-order valence-corrected chi connectivity index (χ0v) is 19.7. The first-order valence-corrected chi connectivity index (χ1v) is 11.0. The predicted molar refractivity (Wildman–Crippen MR) is 120 cm³/mol. The van der Waals surface area contributed by atoms with E-state index in [1.54, 1.807) is 28.8 Å². The molecular formula is C24H34N4O3. The van der Waals surface area contributed by atoms with Gasteiger partial charge in [0, 0.05) is 20.6 Å². The van der Waals surface area contributed by atoms with E-state index in [4.69, 9.17) is 0 Å². The molecule has 0 radical (unpaired) electrons. The minimum absolute atomic E-state index is 0.0905. The molecule has 31 heavy (non-hydrogen) atoms. The second-order valence-electron chi connectivity index (χ2n) is 9.16. The van der Waals surface area contributed by atoms with E-state index in [1.807, 2.05) is 46.8 Å². The van der Waals surface area contributed by atoms with Crippen molar-refractivity contribution in [2.24, 2.45) is 5.92 Å². The summed E-state index contributed by atoms with van der Waals surface area (Å²) in [5, 5.41) is 3.03. The smallest absolute Gasteiger partial charge is 0.322 e. The molecule has 0 aliphatic carbocycles. The van der Waals surface area contributed by atoms with Gasteiger partial charge in [-0.15, -0.1) is 0 Å². The summed E-state index contributed by atoms with van der Waals surface area (Å²) >= 11 is 0. The van der Waals surface area contributed by atoms with Gasteiger partial charge >= 0.3 is 6.03 Å². The highest BCUT2D eigenvalue weighted by atomic mass is 16.2. The molecular weight excluding hydrogens is 392 g/mol. The minimum Gasteiger partial charge on any atom is -0.347 e. The maximum Gasteiger partial charge on any atom is 0.322 e. The van der Waals surface area contributed by atoms with Crippen LogP contribution in [0.25, 0.3) is 0 Å². The highest BCUT2D eigenvalue weighted by Gasteiger charge is 2.47. The first-order chi connectivity index (χ1) is 14.6. The Labute approximate surface area is 185 Å². The van der Waals surface area contributed by atoms with Gasteiger partial charge in [0.05, 0.1) is 23.9 Å². The van der Waals surface area contributed by atoms with Gasteiger partial charge in [-0.05, 0) is 44.2 Å². The van der Waals surface area contributed by atoms with Crippen LogP contribution in [-0.4, -0.2) is 65.8 Å². The Morgan fingerprint density at radius 1 is 1.23 bits per heavy atom. The van der Waals surface area contributed by atoms with Crippen LogP contribution >= 0.6 is 0 Å². The molecule has 2 aliphatic rings. The zero-order valence-electron chi connectivity index (χ0n) is 19.7. The first-order valence-electron chi connectivity index (χ1n) is 11.0. The van der Waals surface area contributed by atoms with Crippen LogP contribution < -0.4 is 5.32 Å². The fraction of sp³-hybridized carbons (Fsp3) is 0.542. The van der Waals surface area contributed by atoms with Crippen molar-refractivity contribution in [2.45, 2.75) is 53.1 Å². The molecule has 0 aromatic heterocycles. The molecule has 0 fully saturated rings. The molecule has 0 saturated carbocycles. The lowest BCUT2D eigenvalue weighted by Gasteiger charge is -2.33. The van der Waals surface area contributed by atoms with Crippen LogP contribution in [0.4, 0.5) is 4.79 Å². The molecule has 0 spiro atoms. The number of likely N-dealkylation sites (N-methyl/N-ethyl adjacent to an activating group) is 2. The van der Waals surface area contributed by atoms with E-state index in [-0.39, 0.29) is 30.3 Å². The number of nitrogens with one attached hydrogen (secondary N) is 1. The van der Waals surface area contributed by atoms with Crippen molar-refractivity contribution in [1.29, 1.82) is 0 Å². The second kappa shape index (κ2) is 8.73. The van der Waals surface area contributed by atoms with E-state index in [0.29, 0.717) is 24.2 Å². The quantitative estimate of drug-likeness (QED) is 0.760. The number of aryl methyl sites for hydroxylation is 2. The van der Waals surface area contributed by atoms with Crippen molar-refractivity contribution in [1.82, 2.24) is 20.0 Å². The summed E-state index contributed by atoms with van der Waals surface area (Å²) in [6, 6.07) is 4.76. The summed E-state index contributed by atoms with van der Waals surface area (Å²) < 4.78 is 0. The number of urea groups is 1. The molecule has 7 nitrogen and oxygen atoms in total. The molecule has 2 heterocycles. The maximum absolute atomic E-state index is 13.7. The van der Waals surface area contributed by atoms with Gasteiger partial charge in [-0.25, -0.2) is 4.79 Å². The van der Waals surface area contributed by atoms with E-state index < -0.39 is 12.1 Å². The molecule has 1 aromatic carbocycles. The van der Waals surface area contributed by atoms with Gasteiger partial charge in [0.1, 0.15) is 6.04 Å². The summed E-state index contributed by atoms with van der Waals surface area (Å²) in [5.41, 5.74) is 4.35. The average molecular weight is 427 g/mol. The standard InChI is InChI=1S/C24H34N4O3/c1-8-27-19-13-28(18(11-14(2)3)22(29)26(6)7)23(30)20(19)21(25-24(27)31)17-10-9-15(4)12-16(17)5/h9-10,12,14,18,21H,8,11,13H2,1-7H3,(H,25,31)/t18-,21+/m1/s1. The summed E-state index contributed by atoms with van der Waals surface area (Å²) in [6.45, 7) is 10.7. The van der Waals surface area contributed by atoms with Crippen molar-refractivity contribution in [3.63, 3.8) is 0 Å².